The van der Waals surface area contributed by atoms with Crippen molar-refractivity contribution >= 4 is 48.4 Å². The molecule has 0 saturated heterocycles. The Balaban J connectivity index is 1.72. The molecule has 0 amide bonds. The molecule has 0 spiro atoms. The molecule has 174 valence electrons. The van der Waals surface area contributed by atoms with Gasteiger partial charge in [-0.25, -0.2) is 0 Å². The van der Waals surface area contributed by atoms with Crippen molar-refractivity contribution in [2.24, 2.45) is 0 Å². The molecule has 1 unspecified atom stereocenters. The average molecular weight is 584 g/mol. The zero-order valence-corrected chi connectivity index (χ0v) is 25.1. The molecule has 5 heteroatoms. The van der Waals surface area contributed by atoms with Gasteiger partial charge in [-0.1, -0.05) is 0 Å². The zero-order chi connectivity index (χ0) is 21.6. The molecule has 3 fully saturated rings. The minimum atomic E-state index is -2.64. The summed E-state index contributed by atoms with van der Waals surface area (Å²) in [7, 11) is 2.58. The van der Waals surface area contributed by atoms with Gasteiger partial charge in [0.2, 0.25) is 0 Å². The topological polar surface area (TPSA) is 12.0 Å². The monoisotopic (exact) mass is 585 g/mol. The van der Waals surface area contributed by atoms with E-state index >= 15 is 0 Å². The van der Waals surface area contributed by atoms with E-state index in [0.717, 1.165) is 18.0 Å². The second-order valence-corrected chi connectivity index (χ2v) is 39.1. The van der Waals surface area contributed by atoms with Crippen molar-refractivity contribution in [2.45, 2.75) is 115 Å². The molecule has 1 nitrogen and oxygen atoms in total. The Labute approximate surface area is 203 Å². The molecule has 0 heterocycles. The molecule has 0 aromatic heterocycles. The molecule has 1 atom stereocenters. The number of benzene rings is 1. The quantitative estimate of drug-likeness (QED) is 0.241. The first-order valence-electron chi connectivity index (χ1n) is 13.3. The van der Waals surface area contributed by atoms with Crippen LogP contribution in [0.15, 0.2) is 30.3 Å². The van der Waals surface area contributed by atoms with Gasteiger partial charge in [0.15, 0.2) is 0 Å². The molecule has 0 bridgehead atoms. The molecular weight excluding hydrogens is 540 g/mol. The van der Waals surface area contributed by atoms with E-state index in [0.29, 0.717) is 0 Å². The standard InChI is InChI=1S/C8H12NPS2.3C6H11.Sn/c1-2-10(11,12)9-8-6-4-3-5-7-8;3*1-2-4-6-5-3-1;/h3-7H,2H2,1H3,(H2,9,11,12);3*1H,2-6H2;/q;;;;+1/p-1. The SMILES string of the molecule is CCP(=S)(Nc1ccccc1)[S][Sn]([CH]1CCCCC1)([CH]1CCCCC1)[CH]1CCCCC1. The van der Waals surface area contributed by atoms with Crippen LogP contribution in [0.2, 0.25) is 11.8 Å². The van der Waals surface area contributed by atoms with E-state index in [9.17, 15) is 0 Å². The molecule has 1 N–H and O–H groups in total. The normalized spacial score (nSPS) is 24.5. The van der Waals surface area contributed by atoms with Crippen molar-refractivity contribution in [3.8, 4) is 0 Å². The van der Waals surface area contributed by atoms with Gasteiger partial charge in [0.05, 0.1) is 0 Å². The second kappa shape index (κ2) is 12.0. The number of rotatable bonds is 8. The van der Waals surface area contributed by atoms with Gasteiger partial charge in [-0.2, -0.15) is 0 Å². The summed E-state index contributed by atoms with van der Waals surface area (Å²) < 4.78 is 3.31. The first kappa shape index (κ1) is 24.9. The van der Waals surface area contributed by atoms with Crippen LogP contribution in [0.3, 0.4) is 0 Å². The maximum absolute atomic E-state index is 6.66. The van der Waals surface area contributed by atoms with Crippen LogP contribution in [-0.2, 0) is 11.8 Å². The van der Waals surface area contributed by atoms with E-state index in [-0.39, 0.29) is 0 Å². The fourth-order valence-electron chi connectivity index (χ4n) is 7.02. The molecule has 3 aliphatic rings. The van der Waals surface area contributed by atoms with Crippen LogP contribution >= 0.6 is 14.0 Å². The average Bonchev–Trinajstić information content (AvgIpc) is 2.85. The molecule has 0 radical (unpaired) electrons. The third-order valence-electron chi connectivity index (χ3n) is 8.52. The molecule has 0 aliphatic heterocycles. The van der Waals surface area contributed by atoms with Gasteiger partial charge in [0, 0.05) is 0 Å². The van der Waals surface area contributed by atoms with Gasteiger partial charge in [-0.05, 0) is 0 Å². The summed E-state index contributed by atoms with van der Waals surface area (Å²) >= 11 is 4.01. The zero-order valence-electron chi connectivity index (χ0n) is 19.7. The summed E-state index contributed by atoms with van der Waals surface area (Å²) in [5.74, 6) is 0. The molecule has 1 aromatic rings. The minimum absolute atomic E-state index is 1.10. The number of anilines is 1. The van der Waals surface area contributed by atoms with E-state index < -0.39 is 22.4 Å². The van der Waals surface area contributed by atoms with Crippen molar-refractivity contribution in [3.63, 3.8) is 0 Å². The van der Waals surface area contributed by atoms with Crippen molar-refractivity contribution in [3.05, 3.63) is 30.3 Å². The first-order chi connectivity index (χ1) is 15.2. The number of hydrogen-bond acceptors (Lipinski definition) is 2. The van der Waals surface area contributed by atoms with Gasteiger partial charge in [0.25, 0.3) is 0 Å². The summed E-state index contributed by atoms with van der Waals surface area (Å²) in [4.78, 5) is 0. The predicted molar refractivity (Wildman–Crippen MR) is 149 cm³/mol. The summed E-state index contributed by atoms with van der Waals surface area (Å²) in [6.45, 7) is 2.39. The fraction of sp³-hybridized carbons (Fsp3) is 0.769. The van der Waals surface area contributed by atoms with Crippen LogP contribution in [0.25, 0.3) is 0 Å². The van der Waals surface area contributed by atoms with Crippen molar-refractivity contribution in [1.29, 1.82) is 0 Å². The number of nitrogens with one attached hydrogen (secondary N) is 1. The van der Waals surface area contributed by atoms with Crippen LogP contribution < -0.4 is 5.09 Å². The van der Waals surface area contributed by atoms with Crippen LogP contribution in [0.4, 0.5) is 5.69 Å². The Morgan fingerprint density at radius 2 is 1.19 bits per heavy atom. The third kappa shape index (κ3) is 6.09. The van der Waals surface area contributed by atoms with Gasteiger partial charge >= 0.3 is 205 Å². The Hall–Kier alpha value is 0.819. The Morgan fingerprint density at radius 3 is 1.58 bits per heavy atom. The van der Waals surface area contributed by atoms with E-state index in [1.807, 2.05) is 0 Å². The Bertz CT molecular complexity index is 664. The summed E-state index contributed by atoms with van der Waals surface area (Å²) in [6, 6.07) is 11.0. The van der Waals surface area contributed by atoms with E-state index in [1.54, 1.807) is 38.5 Å². The van der Waals surface area contributed by atoms with Gasteiger partial charge < -0.3 is 0 Å². The first-order valence-corrected chi connectivity index (χ1v) is 26.1. The van der Waals surface area contributed by atoms with E-state index in [1.165, 1.54) is 63.5 Å². The van der Waals surface area contributed by atoms with Gasteiger partial charge in [0.1, 0.15) is 0 Å². The summed E-state index contributed by atoms with van der Waals surface area (Å²) in [5.41, 5.74) is 1.27. The third-order valence-corrected chi connectivity index (χ3v) is 57.3. The van der Waals surface area contributed by atoms with Crippen molar-refractivity contribution < 1.29 is 0 Å². The predicted octanol–water partition coefficient (Wildman–Crippen LogP) is 10.1. The second-order valence-electron chi connectivity index (χ2n) is 10.4. The van der Waals surface area contributed by atoms with Crippen LogP contribution in [0.5, 0.6) is 0 Å². The maximum atomic E-state index is 6.66. The molecular formula is C26H44NPS2Sn. The number of para-hydroxylation sites is 1. The molecule has 31 heavy (non-hydrogen) atoms. The Kier molecular flexibility index (Phi) is 9.64. The van der Waals surface area contributed by atoms with Crippen LogP contribution in [-0.4, -0.2) is 23.2 Å². The molecule has 4 rings (SSSR count). The summed E-state index contributed by atoms with van der Waals surface area (Å²) in [5, 5.41) is 2.37. The summed E-state index contributed by atoms with van der Waals surface area (Å²) in [6.07, 6.45) is 24.0. The molecule has 3 saturated carbocycles. The fourth-order valence-corrected chi connectivity index (χ4v) is 71.4. The molecule has 1 aromatic carbocycles. The van der Waals surface area contributed by atoms with E-state index in [2.05, 4.69) is 50.9 Å². The van der Waals surface area contributed by atoms with Crippen LogP contribution in [0.1, 0.15) is 103 Å². The van der Waals surface area contributed by atoms with Gasteiger partial charge in [-0.3, -0.25) is 0 Å². The van der Waals surface area contributed by atoms with Crippen LogP contribution in [0, 0.1) is 0 Å². The van der Waals surface area contributed by atoms with E-state index in [4.69, 9.17) is 11.8 Å². The Morgan fingerprint density at radius 1 is 0.774 bits per heavy atom. The van der Waals surface area contributed by atoms with Gasteiger partial charge in [-0.15, -0.1) is 0 Å². The van der Waals surface area contributed by atoms with Crippen molar-refractivity contribution in [2.75, 3.05) is 11.2 Å². The van der Waals surface area contributed by atoms with Crippen molar-refractivity contribution in [1.82, 2.24) is 0 Å². The number of hydrogen-bond donors (Lipinski definition) is 1. The molecule has 3 aliphatic carbocycles.